The molecule has 120 valence electrons. The zero-order valence-corrected chi connectivity index (χ0v) is 13.2. The lowest BCUT2D eigenvalue weighted by Gasteiger charge is -2.09. The molecule has 0 heterocycles. The number of esters is 1. The van der Waals surface area contributed by atoms with Crippen LogP contribution in [0.4, 0.5) is 4.39 Å². The highest BCUT2D eigenvalue weighted by atomic mass is 19.1. The summed E-state index contributed by atoms with van der Waals surface area (Å²) < 4.78 is 18.7. The first-order chi connectivity index (χ1) is 11.6. The topological polar surface area (TPSA) is 50.1 Å². The van der Waals surface area contributed by atoms with Crippen molar-refractivity contribution >= 4 is 5.97 Å². The van der Waals surface area contributed by atoms with Gasteiger partial charge in [0.25, 0.3) is 0 Å². The van der Waals surface area contributed by atoms with Crippen molar-refractivity contribution in [2.45, 2.75) is 13.3 Å². The normalized spacial score (nSPS) is 26.2. The monoisotopic (exact) mass is 321 g/mol. The Morgan fingerprint density at radius 3 is 2.50 bits per heavy atom. The number of benzene rings is 2. The van der Waals surface area contributed by atoms with Gasteiger partial charge in [0.2, 0.25) is 0 Å². The molecule has 2 aromatic rings. The second-order valence-corrected chi connectivity index (χ2v) is 6.72. The molecule has 2 saturated carbocycles. The summed E-state index contributed by atoms with van der Waals surface area (Å²) >= 11 is 0. The Kier molecular flexibility index (Phi) is 3.38. The fourth-order valence-corrected chi connectivity index (χ4v) is 3.73. The molecule has 3 nitrogen and oxygen atoms in total. The predicted molar refractivity (Wildman–Crippen MR) is 85.9 cm³/mol. The molecule has 0 bridgehead atoms. The maximum absolute atomic E-state index is 13.5. The summed E-state index contributed by atoms with van der Waals surface area (Å²) in [6, 6.07) is 12.9. The highest BCUT2D eigenvalue weighted by Gasteiger charge is 2.69. The molecule has 0 radical (unpaired) electrons. The Balaban J connectivity index is 1.39. The van der Waals surface area contributed by atoms with Crippen molar-refractivity contribution < 1.29 is 13.9 Å². The van der Waals surface area contributed by atoms with E-state index in [4.69, 9.17) is 10.00 Å². The number of carbonyl (C=O) groups excluding carboxylic acids is 1. The lowest BCUT2D eigenvalue weighted by Crippen LogP contribution is -2.09. The number of rotatable bonds is 4. The van der Waals surface area contributed by atoms with Crippen LogP contribution in [0.3, 0.4) is 0 Å². The third-order valence-corrected chi connectivity index (χ3v) is 5.30. The van der Waals surface area contributed by atoms with Gasteiger partial charge in [0, 0.05) is 6.07 Å². The lowest BCUT2D eigenvalue weighted by atomic mass is 9.98. The van der Waals surface area contributed by atoms with Gasteiger partial charge in [0.1, 0.15) is 17.6 Å². The number of nitrogens with zero attached hydrogens (tertiary/aromatic N) is 1. The molecule has 0 saturated heterocycles. The SMILES string of the molecule is CC1C2C(Cc3ccc(C(=O)Oc4ccc(C#N)c(F)c4)cc3)C12. The van der Waals surface area contributed by atoms with Crippen LogP contribution in [0.2, 0.25) is 0 Å². The van der Waals surface area contributed by atoms with Gasteiger partial charge in [-0.15, -0.1) is 0 Å². The smallest absolute Gasteiger partial charge is 0.343 e. The van der Waals surface area contributed by atoms with Gasteiger partial charge in [-0.2, -0.15) is 5.26 Å². The maximum atomic E-state index is 13.5. The average Bonchev–Trinajstić information content (AvgIpc) is 3.47. The number of hydrogen-bond acceptors (Lipinski definition) is 3. The van der Waals surface area contributed by atoms with Crippen molar-refractivity contribution in [1.82, 2.24) is 0 Å². The Labute approximate surface area is 139 Å². The highest BCUT2D eigenvalue weighted by molar-refractivity contribution is 5.91. The van der Waals surface area contributed by atoms with Crippen LogP contribution in [0.5, 0.6) is 5.75 Å². The summed E-state index contributed by atoms with van der Waals surface area (Å²) in [5, 5.41) is 8.70. The van der Waals surface area contributed by atoms with Gasteiger partial charge in [-0.05, 0) is 59.9 Å². The Bertz CT molecular complexity index is 843. The summed E-state index contributed by atoms with van der Waals surface area (Å²) in [5.41, 5.74) is 1.59. The summed E-state index contributed by atoms with van der Waals surface area (Å²) in [5.74, 6) is 2.47. The second-order valence-electron chi connectivity index (χ2n) is 6.72. The molecule has 2 unspecified atom stereocenters. The van der Waals surface area contributed by atoms with E-state index in [1.807, 2.05) is 12.1 Å². The van der Waals surface area contributed by atoms with Crippen molar-refractivity contribution in [3.05, 3.63) is 65.0 Å². The number of fused-ring (bicyclic) bond motifs is 1. The van der Waals surface area contributed by atoms with E-state index in [1.54, 1.807) is 18.2 Å². The third kappa shape index (κ3) is 2.56. The first-order valence-corrected chi connectivity index (χ1v) is 8.09. The molecule has 0 aromatic heterocycles. The van der Waals surface area contributed by atoms with Crippen LogP contribution in [0, 0.1) is 40.8 Å². The molecular weight excluding hydrogens is 305 g/mol. The highest BCUT2D eigenvalue weighted by Crippen LogP contribution is 2.73. The van der Waals surface area contributed by atoms with Crippen molar-refractivity contribution in [3.63, 3.8) is 0 Å². The molecule has 2 aliphatic rings. The summed E-state index contributed by atoms with van der Waals surface area (Å²) in [6.45, 7) is 2.30. The molecule has 2 aromatic carbocycles. The van der Waals surface area contributed by atoms with Crippen LogP contribution in [0.25, 0.3) is 0 Å². The molecule has 24 heavy (non-hydrogen) atoms. The van der Waals surface area contributed by atoms with E-state index in [2.05, 4.69) is 6.92 Å². The van der Waals surface area contributed by atoms with E-state index >= 15 is 0 Å². The minimum absolute atomic E-state index is 0.0772. The minimum atomic E-state index is -0.699. The van der Waals surface area contributed by atoms with Crippen LogP contribution in [0.1, 0.15) is 28.4 Å². The van der Waals surface area contributed by atoms with E-state index in [9.17, 15) is 9.18 Å². The fourth-order valence-electron chi connectivity index (χ4n) is 3.73. The Morgan fingerprint density at radius 1 is 1.21 bits per heavy atom. The standard InChI is InChI=1S/C20H16FNO2/c1-11-18-16(19(11)18)8-12-2-4-13(5-3-12)20(23)24-15-7-6-14(10-22)17(21)9-15/h2-7,9,11,16,18-19H,8H2,1H3. The van der Waals surface area contributed by atoms with Crippen molar-refractivity contribution in [3.8, 4) is 11.8 Å². The average molecular weight is 321 g/mol. The largest absolute Gasteiger partial charge is 0.423 e. The maximum Gasteiger partial charge on any atom is 0.343 e. The van der Waals surface area contributed by atoms with E-state index < -0.39 is 11.8 Å². The summed E-state index contributed by atoms with van der Waals surface area (Å²) in [6.07, 6.45) is 1.08. The Morgan fingerprint density at radius 2 is 1.92 bits per heavy atom. The zero-order chi connectivity index (χ0) is 16.8. The first-order valence-electron chi connectivity index (χ1n) is 8.09. The van der Waals surface area contributed by atoms with Gasteiger partial charge < -0.3 is 4.74 Å². The number of halogens is 1. The van der Waals surface area contributed by atoms with Crippen molar-refractivity contribution in [2.75, 3.05) is 0 Å². The fraction of sp³-hybridized carbons (Fsp3) is 0.300. The van der Waals surface area contributed by atoms with Crippen LogP contribution in [-0.4, -0.2) is 5.97 Å². The number of carbonyl (C=O) groups is 1. The van der Waals surface area contributed by atoms with Crippen molar-refractivity contribution in [2.24, 2.45) is 23.7 Å². The van der Waals surface area contributed by atoms with Gasteiger partial charge in [0.05, 0.1) is 11.1 Å². The Hall–Kier alpha value is -2.67. The zero-order valence-electron chi connectivity index (χ0n) is 13.2. The van der Waals surface area contributed by atoms with Gasteiger partial charge in [-0.25, -0.2) is 9.18 Å². The van der Waals surface area contributed by atoms with E-state index in [0.717, 1.165) is 36.2 Å². The number of nitriles is 1. The van der Waals surface area contributed by atoms with Crippen LogP contribution in [-0.2, 0) is 6.42 Å². The molecule has 0 spiro atoms. The molecule has 2 atom stereocenters. The molecule has 0 amide bonds. The summed E-state index contributed by atoms with van der Waals surface area (Å²) in [4.78, 5) is 12.1. The second kappa shape index (κ2) is 5.45. The number of ether oxygens (including phenoxy) is 1. The van der Waals surface area contributed by atoms with Gasteiger partial charge >= 0.3 is 5.97 Å². The van der Waals surface area contributed by atoms with Crippen LogP contribution < -0.4 is 4.74 Å². The van der Waals surface area contributed by atoms with E-state index in [-0.39, 0.29) is 11.3 Å². The molecule has 4 heteroatoms. The molecule has 4 rings (SSSR count). The van der Waals surface area contributed by atoms with Gasteiger partial charge in [0.15, 0.2) is 0 Å². The molecule has 0 aliphatic heterocycles. The third-order valence-electron chi connectivity index (χ3n) is 5.30. The van der Waals surface area contributed by atoms with Crippen LogP contribution >= 0.6 is 0 Å². The minimum Gasteiger partial charge on any atom is -0.423 e. The molecule has 2 fully saturated rings. The van der Waals surface area contributed by atoms with E-state index in [0.29, 0.717) is 5.56 Å². The predicted octanol–water partition coefficient (Wildman–Crippen LogP) is 3.97. The lowest BCUT2D eigenvalue weighted by molar-refractivity contribution is 0.0734. The van der Waals surface area contributed by atoms with Crippen LogP contribution in [0.15, 0.2) is 42.5 Å². The quantitative estimate of drug-likeness (QED) is 0.632. The van der Waals surface area contributed by atoms with Gasteiger partial charge in [-0.3, -0.25) is 0 Å². The first kappa shape index (κ1) is 14.9. The van der Waals surface area contributed by atoms with Gasteiger partial charge in [-0.1, -0.05) is 19.1 Å². The molecule has 2 aliphatic carbocycles. The molecule has 0 N–H and O–H groups in total. The molecular formula is C20H16FNO2. The number of hydrogen-bond donors (Lipinski definition) is 0. The summed E-state index contributed by atoms with van der Waals surface area (Å²) in [7, 11) is 0. The van der Waals surface area contributed by atoms with Crippen molar-refractivity contribution in [1.29, 1.82) is 5.26 Å². The van der Waals surface area contributed by atoms with E-state index in [1.165, 1.54) is 17.7 Å².